The number of methoxy groups -OCH3 is 1. The number of sulfone groups is 1. The van der Waals surface area contributed by atoms with Gasteiger partial charge < -0.3 is 9.57 Å². The van der Waals surface area contributed by atoms with E-state index in [1.165, 1.54) is 48.5 Å². The Morgan fingerprint density at radius 3 is 2.65 bits per heavy atom. The van der Waals surface area contributed by atoms with E-state index in [2.05, 4.69) is 19.9 Å². The van der Waals surface area contributed by atoms with Gasteiger partial charge in [0, 0.05) is 30.5 Å². The Hall–Kier alpha value is -4.18. The summed E-state index contributed by atoms with van der Waals surface area (Å²) >= 11 is 0. The van der Waals surface area contributed by atoms with Crippen LogP contribution in [0.4, 0.5) is 22.0 Å². The molecule has 16 heteroatoms. The molecule has 0 spiro atoms. The van der Waals surface area contributed by atoms with Crippen molar-refractivity contribution in [2.75, 3.05) is 19.5 Å². The van der Waals surface area contributed by atoms with Gasteiger partial charge in [0.1, 0.15) is 6.33 Å². The highest BCUT2D eigenvalue weighted by molar-refractivity contribution is 7.91. The summed E-state index contributed by atoms with van der Waals surface area (Å²) in [5.41, 5.74) is 0.790. The van der Waals surface area contributed by atoms with Crippen molar-refractivity contribution in [1.82, 2.24) is 24.5 Å². The number of carbonyl (C=O) groups is 1. The Balaban J connectivity index is 1.71. The lowest BCUT2D eigenvalue weighted by Crippen LogP contribution is -2.33. The molecular weight excluding hydrogens is 565 g/mol. The normalized spacial score (nSPS) is 12.8. The SMILES string of the molecule is COCCS(=O)(=O)c1cccc(C(CC=C(F)F)n2cc(-c3ncnc4c3ccn4OC(=O)C(F)(F)F)cn2)c1. The standard InChI is InChI=1S/C24H20F5N5O5S/c1-38-9-10-40(36,37)17-4-2-3-15(11-17)19(5-6-20(25)26)33-13-16(12-32-33)21-18-7-8-34(22(18)31-14-30-21)39-23(35)24(27,28)29/h2-4,6-8,11-14,19H,5,9-10H2,1H3. The molecule has 1 aromatic carbocycles. The number of allylic oxidation sites excluding steroid dienone is 1. The second kappa shape index (κ2) is 11.5. The molecule has 4 aromatic rings. The van der Waals surface area contributed by atoms with Crippen LogP contribution < -0.4 is 4.84 Å². The van der Waals surface area contributed by atoms with Gasteiger partial charge in [0.05, 0.1) is 35.2 Å². The van der Waals surface area contributed by atoms with E-state index in [4.69, 9.17) is 4.74 Å². The van der Waals surface area contributed by atoms with Gasteiger partial charge in [-0.05, 0) is 36.3 Å². The monoisotopic (exact) mass is 585 g/mol. The third-order valence-electron chi connectivity index (χ3n) is 5.71. The number of aromatic nitrogens is 5. The number of carbonyl (C=O) groups excluding carboxylic acids is 1. The topological polar surface area (TPSA) is 118 Å². The van der Waals surface area contributed by atoms with Crippen LogP contribution in [0.2, 0.25) is 0 Å². The molecule has 0 N–H and O–H groups in total. The zero-order chi connectivity index (χ0) is 29.1. The highest BCUT2D eigenvalue weighted by Gasteiger charge is 2.42. The molecule has 3 aromatic heterocycles. The van der Waals surface area contributed by atoms with Crippen molar-refractivity contribution in [3.05, 3.63) is 73.0 Å². The van der Waals surface area contributed by atoms with Crippen LogP contribution in [0.3, 0.4) is 0 Å². The van der Waals surface area contributed by atoms with Crippen molar-refractivity contribution in [2.45, 2.75) is 23.5 Å². The molecule has 212 valence electrons. The Morgan fingerprint density at radius 1 is 1.18 bits per heavy atom. The molecule has 0 radical (unpaired) electrons. The van der Waals surface area contributed by atoms with Gasteiger partial charge in [0.2, 0.25) is 0 Å². The Labute approximate surface area is 223 Å². The van der Waals surface area contributed by atoms with E-state index < -0.39 is 34.1 Å². The van der Waals surface area contributed by atoms with Gasteiger partial charge >= 0.3 is 12.1 Å². The molecule has 1 atom stereocenters. The largest absolute Gasteiger partial charge is 0.493 e. The fourth-order valence-electron chi connectivity index (χ4n) is 3.83. The first-order valence-corrected chi connectivity index (χ1v) is 13.0. The van der Waals surface area contributed by atoms with Crippen LogP contribution in [0.5, 0.6) is 0 Å². The van der Waals surface area contributed by atoms with Crippen LogP contribution in [0.1, 0.15) is 18.0 Å². The van der Waals surface area contributed by atoms with Gasteiger partial charge in [0.25, 0.3) is 6.08 Å². The lowest BCUT2D eigenvalue weighted by molar-refractivity contribution is -0.199. The van der Waals surface area contributed by atoms with E-state index in [1.54, 1.807) is 6.07 Å². The number of benzene rings is 1. The predicted octanol–water partition coefficient (Wildman–Crippen LogP) is 3.99. The van der Waals surface area contributed by atoms with E-state index in [-0.39, 0.29) is 40.4 Å². The number of hydrogen-bond donors (Lipinski definition) is 0. The predicted molar refractivity (Wildman–Crippen MR) is 130 cm³/mol. The number of hydrogen-bond acceptors (Lipinski definition) is 8. The number of alkyl halides is 3. The number of halogens is 5. The maximum absolute atomic E-state index is 13.0. The number of ether oxygens (including phenoxy) is 1. The molecule has 0 aliphatic carbocycles. The fourth-order valence-corrected chi connectivity index (χ4v) is 5.05. The summed E-state index contributed by atoms with van der Waals surface area (Å²) in [6.45, 7) is -0.0289. The summed E-state index contributed by atoms with van der Waals surface area (Å²) in [5, 5.41) is 4.47. The van der Waals surface area contributed by atoms with E-state index >= 15 is 0 Å². The minimum absolute atomic E-state index is 0.0172. The van der Waals surface area contributed by atoms with Gasteiger partial charge in [0.15, 0.2) is 15.5 Å². The highest BCUT2D eigenvalue weighted by atomic mass is 32.2. The maximum Gasteiger partial charge on any atom is 0.493 e. The van der Waals surface area contributed by atoms with Crippen molar-refractivity contribution in [3.63, 3.8) is 0 Å². The first-order chi connectivity index (χ1) is 18.9. The van der Waals surface area contributed by atoms with E-state index in [9.17, 15) is 35.2 Å². The Kier molecular flexibility index (Phi) is 8.29. The lowest BCUT2D eigenvalue weighted by atomic mass is 10.0. The van der Waals surface area contributed by atoms with E-state index in [0.29, 0.717) is 21.9 Å². The van der Waals surface area contributed by atoms with Crippen LogP contribution >= 0.6 is 0 Å². The Morgan fingerprint density at radius 2 is 1.95 bits per heavy atom. The average molecular weight is 586 g/mol. The van der Waals surface area contributed by atoms with Crippen molar-refractivity contribution < 1.29 is 44.7 Å². The van der Waals surface area contributed by atoms with Gasteiger partial charge in [-0.1, -0.05) is 12.1 Å². The highest BCUT2D eigenvalue weighted by Crippen LogP contribution is 2.30. The molecule has 0 fully saturated rings. The summed E-state index contributed by atoms with van der Waals surface area (Å²) in [4.78, 5) is 23.6. The zero-order valence-corrected chi connectivity index (χ0v) is 21.4. The molecule has 40 heavy (non-hydrogen) atoms. The number of nitrogens with zero attached hydrogens (tertiary/aromatic N) is 5. The number of rotatable bonds is 10. The first kappa shape index (κ1) is 28.8. The summed E-state index contributed by atoms with van der Waals surface area (Å²) in [6, 6.07) is 6.30. The van der Waals surface area contributed by atoms with E-state index in [1.807, 2.05) is 0 Å². The van der Waals surface area contributed by atoms with Crippen LogP contribution in [0, 0.1) is 0 Å². The summed E-state index contributed by atoms with van der Waals surface area (Å²) < 4.78 is 96.1. The molecule has 4 rings (SSSR count). The third kappa shape index (κ3) is 6.34. The van der Waals surface area contributed by atoms with Gasteiger partial charge in [-0.3, -0.25) is 4.68 Å². The average Bonchev–Trinajstić information content (AvgIpc) is 3.55. The molecule has 0 aliphatic heterocycles. The molecule has 1 unspecified atom stereocenters. The first-order valence-electron chi connectivity index (χ1n) is 11.4. The minimum atomic E-state index is -5.23. The van der Waals surface area contributed by atoms with Gasteiger partial charge in [-0.25, -0.2) is 23.2 Å². The zero-order valence-electron chi connectivity index (χ0n) is 20.5. The lowest BCUT2D eigenvalue weighted by Gasteiger charge is -2.17. The molecule has 10 nitrogen and oxygen atoms in total. The summed E-state index contributed by atoms with van der Waals surface area (Å²) in [5.74, 6) is -2.72. The Bertz CT molecular complexity index is 1660. The van der Waals surface area contributed by atoms with Crippen LogP contribution in [-0.2, 0) is 19.4 Å². The molecule has 0 saturated carbocycles. The summed E-state index contributed by atoms with van der Waals surface area (Å²) in [7, 11) is -2.35. The van der Waals surface area contributed by atoms with Crippen molar-refractivity contribution in [2.24, 2.45) is 0 Å². The fraction of sp³-hybridized carbons (Fsp3) is 0.250. The smallest absolute Gasteiger partial charge is 0.384 e. The van der Waals surface area contributed by atoms with Gasteiger partial charge in [-0.2, -0.15) is 31.8 Å². The molecule has 3 heterocycles. The maximum atomic E-state index is 13.0. The quantitative estimate of drug-likeness (QED) is 0.257. The molecular formula is C24H20F5N5O5S. The van der Waals surface area contributed by atoms with Crippen LogP contribution in [0.15, 0.2) is 72.3 Å². The third-order valence-corrected chi connectivity index (χ3v) is 7.39. The second-order valence-electron chi connectivity index (χ2n) is 8.32. The van der Waals surface area contributed by atoms with E-state index in [0.717, 1.165) is 12.5 Å². The molecule has 0 bridgehead atoms. The molecule has 0 saturated heterocycles. The second-order valence-corrected chi connectivity index (χ2v) is 10.4. The van der Waals surface area contributed by atoms with Crippen molar-refractivity contribution >= 4 is 26.8 Å². The van der Waals surface area contributed by atoms with Crippen molar-refractivity contribution in [3.8, 4) is 11.3 Å². The molecule has 0 aliphatic rings. The molecule has 0 amide bonds. The van der Waals surface area contributed by atoms with Gasteiger partial charge in [-0.15, -0.1) is 0 Å². The number of fused-ring (bicyclic) bond motifs is 1. The minimum Gasteiger partial charge on any atom is -0.384 e. The summed E-state index contributed by atoms with van der Waals surface area (Å²) in [6.07, 6.45) is -1.82. The van der Waals surface area contributed by atoms with Crippen LogP contribution in [0.25, 0.3) is 22.3 Å². The van der Waals surface area contributed by atoms with Crippen LogP contribution in [-0.4, -0.2) is 64.5 Å². The van der Waals surface area contributed by atoms with Crippen molar-refractivity contribution in [1.29, 1.82) is 0 Å².